The fourth-order valence-electron chi connectivity index (χ4n) is 3.14. The van der Waals surface area contributed by atoms with Crippen LogP contribution in [0.4, 0.5) is 11.4 Å². The number of ether oxygens (including phenoxy) is 1. The van der Waals surface area contributed by atoms with Crippen molar-refractivity contribution < 1.29 is 14.3 Å². The molecule has 0 fully saturated rings. The summed E-state index contributed by atoms with van der Waals surface area (Å²) in [5.74, 6) is 0.832. The average molecular weight is 466 g/mol. The van der Waals surface area contributed by atoms with Crippen LogP contribution in [-0.2, 0) is 22.6 Å². The number of carbonyl (C=O) groups excluding carboxylic acids is 2. The van der Waals surface area contributed by atoms with Gasteiger partial charge in [-0.15, -0.1) is 16.8 Å². The van der Waals surface area contributed by atoms with Crippen molar-refractivity contribution in [3.05, 3.63) is 72.1 Å². The molecule has 33 heavy (non-hydrogen) atoms. The van der Waals surface area contributed by atoms with Crippen molar-refractivity contribution in [3.63, 3.8) is 0 Å². The molecular formula is C24H27N5O3S. The number of rotatable bonds is 10. The van der Waals surface area contributed by atoms with Gasteiger partial charge in [-0.3, -0.25) is 9.59 Å². The van der Waals surface area contributed by atoms with Gasteiger partial charge >= 0.3 is 0 Å². The van der Waals surface area contributed by atoms with Gasteiger partial charge in [-0.25, -0.2) is 0 Å². The Labute approximate surface area is 197 Å². The number of para-hydroxylation sites is 2. The summed E-state index contributed by atoms with van der Waals surface area (Å²) in [6.07, 6.45) is 1.72. The molecule has 9 heteroatoms. The minimum Gasteiger partial charge on any atom is -0.495 e. The molecule has 1 aromatic heterocycles. The molecule has 1 heterocycles. The van der Waals surface area contributed by atoms with Crippen molar-refractivity contribution in [1.29, 1.82) is 0 Å². The van der Waals surface area contributed by atoms with E-state index in [-0.39, 0.29) is 24.0 Å². The van der Waals surface area contributed by atoms with Gasteiger partial charge in [0, 0.05) is 12.2 Å². The van der Waals surface area contributed by atoms with Crippen LogP contribution in [0.15, 0.2) is 60.3 Å². The number of carbonyl (C=O) groups is 2. The lowest BCUT2D eigenvalue weighted by atomic mass is 10.1. The van der Waals surface area contributed by atoms with Crippen LogP contribution in [0.2, 0.25) is 0 Å². The third-order valence-corrected chi connectivity index (χ3v) is 5.77. The molecule has 0 spiro atoms. The fourth-order valence-corrected chi connectivity index (χ4v) is 3.91. The summed E-state index contributed by atoms with van der Waals surface area (Å²) < 4.78 is 7.05. The number of benzene rings is 2. The number of nitrogens with one attached hydrogen (secondary N) is 2. The number of thioether (sulfide) groups is 1. The molecule has 2 aromatic carbocycles. The minimum atomic E-state index is -0.249. The van der Waals surface area contributed by atoms with Crippen molar-refractivity contribution in [2.45, 2.75) is 32.0 Å². The second-order valence-electron chi connectivity index (χ2n) is 7.38. The maximum atomic E-state index is 12.6. The van der Waals surface area contributed by atoms with E-state index in [0.29, 0.717) is 29.0 Å². The lowest BCUT2D eigenvalue weighted by molar-refractivity contribution is -0.116. The predicted octanol–water partition coefficient (Wildman–Crippen LogP) is 4.00. The number of hydrogen-bond acceptors (Lipinski definition) is 6. The van der Waals surface area contributed by atoms with Gasteiger partial charge in [-0.05, 0) is 43.2 Å². The summed E-state index contributed by atoms with van der Waals surface area (Å²) in [5, 5.41) is 14.7. The topological polar surface area (TPSA) is 98.1 Å². The van der Waals surface area contributed by atoms with E-state index < -0.39 is 0 Å². The standard InChI is InChI=1S/C24H27N5O3S/c1-5-12-29-21(14-22(30)25-18-8-6-7-9-20(18)32-4)27-28-24(29)33-15-23(31)26-19-13-16(2)10-11-17(19)3/h5-11,13H,1,12,14-15H2,2-4H3,(H,25,30)(H,26,31). The molecule has 2 amide bonds. The Morgan fingerprint density at radius 3 is 2.61 bits per heavy atom. The number of nitrogens with zero attached hydrogens (tertiary/aromatic N) is 3. The van der Waals surface area contributed by atoms with Crippen molar-refractivity contribution >= 4 is 35.0 Å². The van der Waals surface area contributed by atoms with Crippen LogP contribution in [-0.4, -0.2) is 39.4 Å². The maximum Gasteiger partial charge on any atom is 0.234 e. The summed E-state index contributed by atoms with van der Waals surface area (Å²) in [6.45, 7) is 8.13. The van der Waals surface area contributed by atoms with Crippen molar-refractivity contribution in [1.82, 2.24) is 14.8 Å². The van der Waals surface area contributed by atoms with Gasteiger partial charge in [0.15, 0.2) is 5.16 Å². The molecule has 0 bridgehead atoms. The number of hydrogen-bond donors (Lipinski definition) is 2. The number of allylic oxidation sites excluding steroid dienone is 1. The molecule has 0 atom stereocenters. The van der Waals surface area contributed by atoms with Gasteiger partial charge in [0.2, 0.25) is 11.8 Å². The van der Waals surface area contributed by atoms with E-state index in [1.807, 2.05) is 44.2 Å². The summed E-state index contributed by atoms with van der Waals surface area (Å²) in [4.78, 5) is 25.1. The number of aryl methyl sites for hydroxylation is 2. The third-order valence-electron chi connectivity index (χ3n) is 4.80. The van der Waals surface area contributed by atoms with Gasteiger partial charge < -0.3 is 19.9 Å². The van der Waals surface area contributed by atoms with E-state index >= 15 is 0 Å². The first-order valence-electron chi connectivity index (χ1n) is 10.4. The summed E-state index contributed by atoms with van der Waals surface area (Å²) in [6, 6.07) is 13.1. The first-order valence-corrected chi connectivity index (χ1v) is 11.4. The predicted molar refractivity (Wildman–Crippen MR) is 131 cm³/mol. The van der Waals surface area contributed by atoms with Crippen LogP contribution in [0.3, 0.4) is 0 Å². The number of anilines is 2. The Bertz CT molecular complexity index is 1160. The Balaban J connectivity index is 1.65. The molecule has 0 aliphatic heterocycles. The molecule has 3 aromatic rings. The third kappa shape index (κ3) is 6.45. The highest BCUT2D eigenvalue weighted by molar-refractivity contribution is 7.99. The van der Waals surface area contributed by atoms with Crippen LogP contribution < -0.4 is 15.4 Å². The van der Waals surface area contributed by atoms with Gasteiger partial charge in [-0.2, -0.15) is 0 Å². The molecule has 0 unspecified atom stereocenters. The maximum absolute atomic E-state index is 12.6. The highest BCUT2D eigenvalue weighted by atomic mass is 32.2. The highest BCUT2D eigenvalue weighted by Crippen LogP contribution is 2.24. The van der Waals surface area contributed by atoms with Gasteiger partial charge in [0.1, 0.15) is 11.6 Å². The summed E-state index contributed by atoms with van der Waals surface area (Å²) in [5.41, 5.74) is 3.45. The summed E-state index contributed by atoms with van der Waals surface area (Å²) in [7, 11) is 1.55. The SMILES string of the molecule is C=CCn1c(CC(=O)Nc2ccccc2OC)nnc1SCC(=O)Nc1cc(C)ccc1C. The Morgan fingerprint density at radius 2 is 1.85 bits per heavy atom. The summed E-state index contributed by atoms with van der Waals surface area (Å²) >= 11 is 1.26. The first kappa shape index (κ1) is 24.1. The molecular weight excluding hydrogens is 438 g/mol. The van der Waals surface area contributed by atoms with Gasteiger partial charge in [0.25, 0.3) is 0 Å². The number of methoxy groups -OCH3 is 1. The van der Waals surface area contributed by atoms with E-state index in [1.165, 1.54) is 11.8 Å². The monoisotopic (exact) mass is 465 g/mol. The Morgan fingerprint density at radius 1 is 1.09 bits per heavy atom. The fraction of sp³-hybridized carbons (Fsp3) is 0.250. The van der Waals surface area contributed by atoms with E-state index in [9.17, 15) is 9.59 Å². The Kier molecular flexibility index (Phi) is 8.26. The van der Waals surface area contributed by atoms with E-state index in [2.05, 4.69) is 27.4 Å². The van der Waals surface area contributed by atoms with E-state index in [4.69, 9.17) is 4.74 Å². The zero-order valence-electron chi connectivity index (χ0n) is 18.9. The molecule has 2 N–H and O–H groups in total. The largest absolute Gasteiger partial charge is 0.495 e. The molecule has 0 saturated carbocycles. The highest BCUT2D eigenvalue weighted by Gasteiger charge is 2.17. The second-order valence-corrected chi connectivity index (χ2v) is 8.32. The zero-order valence-corrected chi connectivity index (χ0v) is 19.7. The van der Waals surface area contributed by atoms with Crippen LogP contribution in [0.5, 0.6) is 5.75 Å². The number of amides is 2. The normalized spacial score (nSPS) is 10.5. The number of aromatic nitrogens is 3. The lowest BCUT2D eigenvalue weighted by Crippen LogP contribution is -2.18. The quantitative estimate of drug-likeness (QED) is 0.347. The first-order chi connectivity index (χ1) is 15.9. The molecule has 0 radical (unpaired) electrons. The van der Waals surface area contributed by atoms with Crippen molar-refractivity contribution in [2.24, 2.45) is 0 Å². The molecule has 0 saturated heterocycles. The van der Waals surface area contributed by atoms with E-state index in [0.717, 1.165) is 16.8 Å². The average Bonchev–Trinajstić information content (AvgIpc) is 3.16. The second kappa shape index (κ2) is 11.3. The van der Waals surface area contributed by atoms with E-state index in [1.54, 1.807) is 29.9 Å². The molecule has 0 aliphatic carbocycles. The smallest absolute Gasteiger partial charge is 0.234 e. The molecule has 8 nitrogen and oxygen atoms in total. The lowest BCUT2D eigenvalue weighted by Gasteiger charge is -2.11. The van der Waals surface area contributed by atoms with Crippen LogP contribution in [0, 0.1) is 13.8 Å². The minimum absolute atomic E-state index is 0.0220. The van der Waals surface area contributed by atoms with Crippen LogP contribution in [0.1, 0.15) is 17.0 Å². The molecule has 172 valence electrons. The van der Waals surface area contributed by atoms with Crippen LogP contribution in [0.25, 0.3) is 0 Å². The Hall–Kier alpha value is -3.59. The zero-order chi connectivity index (χ0) is 23.8. The van der Waals surface area contributed by atoms with Crippen LogP contribution >= 0.6 is 11.8 Å². The van der Waals surface area contributed by atoms with Gasteiger partial charge in [0.05, 0.1) is 25.0 Å². The van der Waals surface area contributed by atoms with Crippen molar-refractivity contribution in [2.75, 3.05) is 23.5 Å². The van der Waals surface area contributed by atoms with Gasteiger partial charge in [-0.1, -0.05) is 42.1 Å². The molecule has 0 aliphatic rings. The molecule has 3 rings (SSSR count). The van der Waals surface area contributed by atoms with Crippen molar-refractivity contribution in [3.8, 4) is 5.75 Å².